The molecule has 0 aliphatic rings. The Morgan fingerprint density at radius 1 is 1.58 bits per heavy atom. The summed E-state index contributed by atoms with van der Waals surface area (Å²) in [7, 11) is -2.43. The topological polar surface area (TPSA) is 97.0 Å². The Balaban J connectivity index is 2.96. The number of aromatic carboxylic acids is 1. The second-order valence-electron chi connectivity index (χ2n) is 3.58. The number of carboxylic acids is 1. The Kier molecular flexibility index (Phi) is 5.53. The lowest BCUT2D eigenvalue weighted by Gasteiger charge is -2.15. The Labute approximate surface area is 119 Å². The third-order valence-corrected chi connectivity index (χ3v) is 5.02. The molecule has 0 amide bonds. The van der Waals surface area contributed by atoms with E-state index < -0.39 is 21.8 Å². The molecule has 0 aliphatic carbocycles. The molecule has 1 aromatic rings. The van der Waals surface area contributed by atoms with Gasteiger partial charge in [0, 0.05) is 26.3 Å². The molecule has 0 unspecified atom stereocenters. The Morgan fingerprint density at radius 3 is 2.68 bits per heavy atom. The molecule has 1 aromatic heterocycles. The fraction of sp³-hybridized carbons (Fsp3) is 0.500. The first kappa shape index (κ1) is 16.2. The van der Waals surface area contributed by atoms with Crippen molar-refractivity contribution < 1.29 is 27.5 Å². The molecule has 1 heterocycles. The van der Waals surface area contributed by atoms with E-state index >= 15 is 0 Å². The van der Waals surface area contributed by atoms with E-state index in [2.05, 4.69) is 15.9 Å². The van der Waals surface area contributed by atoms with Gasteiger partial charge in [0.05, 0.1) is 6.61 Å². The maximum absolute atomic E-state index is 12.2. The maximum Gasteiger partial charge on any atom is 0.371 e. The fourth-order valence-corrected chi connectivity index (χ4v) is 3.31. The summed E-state index contributed by atoms with van der Waals surface area (Å²) in [4.78, 5) is 10.5. The minimum Gasteiger partial charge on any atom is -0.475 e. The Hall–Kier alpha value is -0.900. The number of carbonyl (C=O) groups is 1. The third-order valence-electron chi connectivity index (χ3n) is 2.31. The summed E-state index contributed by atoms with van der Waals surface area (Å²) in [6.07, 6.45) is 0. The van der Waals surface area contributed by atoms with E-state index in [0.717, 1.165) is 10.4 Å². The molecule has 9 heteroatoms. The predicted octanol–water partition coefficient (Wildman–Crippen LogP) is 1.40. The average Bonchev–Trinajstić information content (AvgIpc) is 2.72. The van der Waals surface area contributed by atoms with Crippen LogP contribution in [0.2, 0.25) is 0 Å². The van der Waals surface area contributed by atoms with Gasteiger partial charge in [-0.2, -0.15) is 4.31 Å². The molecule has 0 saturated heterocycles. The number of hydrogen-bond donors (Lipinski definition) is 1. The van der Waals surface area contributed by atoms with Crippen molar-refractivity contribution in [2.45, 2.75) is 11.8 Å². The number of likely N-dealkylation sites (N-methyl/N-ethyl adjacent to an activating group) is 1. The van der Waals surface area contributed by atoms with Gasteiger partial charge in [0.2, 0.25) is 15.8 Å². The summed E-state index contributed by atoms with van der Waals surface area (Å²) >= 11 is 2.90. The lowest BCUT2D eigenvalue weighted by atomic mass is 10.5. The predicted molar refractivity (Wildman–Crippen MR) is 69.7 cm³/mol. The number of hydrogen-bond acceptors (Lipinski definition) is 5. The molecule has 0 atom stereocenters. The molecule has 0 aliphatic heterocycles. The van der Waals surface area contributed by atoms with Crippen LogP contribution >= 0.6 is 15.9 Å². The lowest BCUT2D eigenvalue weighted by molar-refractivity contribution is 0.0661. The van der Waals surface area contributed by atoms with Crippen molar-refractivity contribution in [3.8, 4) is 0 Å². The quantitative estimate of drug-likeness (QED) is 0.742. The summed E-state index contributed by atoms with van der Waals surface area (Å²) in [6.45, 7) is 2.72. The molecule has 0 radical (unpaired) electrons. The summed E-state index contributed by atoms with van der Waals surface area (Å²) in [5.74, 6) is -1.78. The highest BCUT2D eigenvalue weighted by atomic mass is 79.9. The smallest absolute Gasteiger partial charge is 0.371 e. The van der Waals surface area contributed by atoms with Gasteiger partial charge in [-0.1, -0.05) is 0 Å². The van der Waals surface area contributed by atoms with E-state index in [1.54, 1.807) is 6.92 Å². The van der Waals surface area contributed by atoms with Crippen LogP contribution in [0.1, 0.15) is 17.5 Å². The van der Waals surface area contributed by atoms with Gasteiger partial charge in [0.15, 0.2) is 4.67 Å². The molecule has 0 spiro atoms. The zero-order valence-corrected chi connectivity index (χ0v) is 12.8. The number of ether oxygens (including phenoxy) is 1. The zero-order valence-electron chi connectivity index (χ0n) is 10.4. The van der Waals surface area contributed by atoms with Crippen molar-refractivity contribution >= 4 is 31.9 Å². The van der Waals surface area contributed by atoms with Crippen LogP contribution in [0.4, 0.5) is 0 Å². The monoisotopic (exact) mass is 355 g/mol. The maximum atomic E-state index is 12.2. The van der Waals surface area contributed by atoms with Crippen LogP contribution < -0.4 is 0 Å². The first-order valence-electron chi connectivity index (χ1n) is 5.37. The van der Waals surface area contributed by atoms with Gasteiger partial charge in [-0.05, 0) is 22.9 Å². The van der Waals surface area contributed by atoms with Crippen LogP contribution in [0.3, 0.4) is 0 Å². The number of carboxylic acid groups (broad SMARTS) is 1. The number of rotatable bonds is 7. The van der Waals surface area contributed by atoms with Crippen molar-refractivity contribution in [2.24, 2.45) is 0 Å². The number of halogens is 1. The normalized spacial score (nSPS) is 12.0. The molecule has 7 nitrogen and oxygen atoms in total. The van der Waals surface area contributed by atoms with Crippen molar-refractivity contribution in [3.05, 3.63) is 16.5 Å². The standard InChI is InChI=1S/C10H14BrNO6S/c1-3-17-5-4-12(2)19(15,16)8-6-7(10(13)14)18-9(8)11/h6H,3-5H2,1-2H3,(H,13,14). The van der Waals surface area contributed by atoms with Gasteiger partial charge in [-0.25, -0.2) is 13.2 Å². The largest absolute Gasteiger partial charge is 0.475 e. The summed E-state index contributed by atoms with van der Waals surface area (Å²) in [5, 5.41) is 8.76. The van der Waals surface area contributed by atoms with Crippen LogP contribution in [-0.2, 0) is 14.8 Å². The van der Waals surface area contributed by atoms with Crippen LogP contribution in [0.25, 0.3) is 0 Å². The van der Waals surface area contributed by atoms with Crippen molar-refractivity contribution in [1.29, 1.82) is 0 Å². The highest BCUT2D eigenvalue weighted by Gasteiger charge is 2.28. The molecular weight excluding hydrogens is 342 g/mol. The minimum atomic E-state index is -3.81. The summed E-state index contributed by atoms with van der Waals surface area (Å²) in [5.41, 5.74) is 0. The van der Waals surface area contributed by atoms with Gasteiger partial charge in [0.1, 0.15) is 4.90 Å². The first-order valence-corrected chi connectivity index (χ1v) is 7.60. The Bertz CT molecular complexity index is 552. The third kappa shape index (κ3) is 3.78. The van der Waals surface area contributed by atoms with E-state index in [9.17, 15) is 13.2 Å². The van der Waals surface area contributed by atoms with Crippen LogP contribution in [-0.4, -0.2) is 50.6 Å². The zero-order chi connectivity index (χ0) is 14.6. The molecule has 0 saturated carbocycles. The molecule has 19 heavy (non-hydrogen) atoms. The lowest BCUT2D eigenvalue weighted by Crippen LogP contribution is -2.30. The van der Waals surface area contributed by atoms with E-state index in [0.29, 0.717) is 6.61 Å². The second-order valence-corrected chi connectivity index (χ2v) is 6.31. The Morgan fingerprint density at radius 2 is 2.21 bits per heavy atom. The van der Waals surface area contributed by atoms with Crippen LogP contribution in [0.15, 0.2) is 20.0 Å². The number of furan rings is 1. The average molecular weight is 356 g/mol. The molecule has 108 valence electrons. The molecule has 1 rings (SSSR count). The highest BCUT2D eigenvalue weighted by molar-refractivity contribution is 9.10. The van der Waals surface area contributed by atoms with Gasteiger partial charge < -0.3 is 14.3 Å². The summed E-state index contributed by atoms with van der Waals surface area (Å²) in [6, 6.07) is 0.971. The molecule has 1 N–H and O–H groups in total. The summed E-state index contributed by atoms with van der Waals surface area (Å²) < 4.78 is 35.2. The van der Waals surface area contributed by atoms with E-state index in [-0.39, 0.29) is 22.7 Å². The van der Waals surface area contributed by atoms with Gasteiger partial charge in [-0.15, -0.1) is 0 Å². The van der Waals surface area contributed by atoms with Crippen LogP contribution in [0.5, 0.6) is 0 Å². The molecule has 0 fully saturated rings. The molecular formula is C10H14BrNO6S. The van der Waals surface area contributed by atoms with E-state index in [1.165, 1.54) is 7.05 Å². The van der Waals surface area contributed by atoms with Gasteiger partial charge in [-0.3, -0.25) is 0 Å². The van der Waals surface area contributed by atoms with Gasteiger partial charge >= 0.3 is 5.97 Å². The van der Waals surface area contributed by atoms with Crippen molar-refractivity contribution in [3.63, 3.8) is 0 Å². The SMILES string of the molecule is CCOCCN(C)S(=O)(=O)c1cc(C(=O)O)oc1Br. The van der Waals surface area contributed by atoms with Gasteiger partial charge in [0.25, 0.3) is 0 Å². The minimum absolute atomic E-state index is 0.131. The molecule has 0 aromatic carbocycles. The van der Waals surface area contributed by atoms with Crippen molar-refractivity contribution in [2.75, 3.05) is 26.8 Å². The number of sulfonamides is 1. The molecule has 0 bridgehead atoms. The van der Waals surface area contributed by atoms with Crippen LogP contribution in [0, 0.1) is 0 Å². The van der Waals surface area contributed by atoms with E-state index in [4.69, 9.17) is 14.3 Å². The first-order chi connectivity index (χ1) is 8.80. The highest BCUT2D eigenvalue weighted by Crippen LogP contribution is 2.28. The number of nitrogens with zero attached hydrogens (tertiary/aromatic N) is 1. The van der Waals surface area contributed by atoms with Crippen molar-refractivity contribution in [1.82, 2.24) is 4.31 Å². The fourth-order valence-electron chi connectivity index (χ4n) is 1.26. The van der Waals surface area contributed by atoms with E-state index in [1.807, 2.05) is 0 Å². The second kappa shape index (κ2) is 6.51.